The lowest BCUT2D eigenvalue weighted by Gasteiger charge is -2.16. The predicted octanol–water partition coefficient (Wildman–Crippen LogP) is 3.17. The van der Waals surface area contributed by atoms with Crippen LogP contribution >= 0.6 is 0 Å². The first-order valence-corrected chi connectivity index (χ1v) is 6.14. The van der Waals surface area contributed by atoms with Crippen molar-refractivity contribution in [3.05, 3.63) is 65.0 Å². The van der Waals surface area contributed by atoms with Crippen LogP contribution in [0.25, 0.3) is 0 Å². The third-order valence-electron chi connectivity index (χ3n) is 3.07. The Morgan fingerprint density at radius 3 is 2.58 bits per heavy atom. The molecule has 0 radical (unpaired) electrons. The fourth-order valence-corrected chi connectivity index (χ4v) is 2.01. The van der Waals surface area contributed by atoms with E-state index in [1.807, 2.05) is 26.1 Å². The van der Waals surface area contributed by atoms with Crippen molar-refractivity contribution >= 4 is 0 Å². The standard InChI is InChI=1S/C15H16F2N2/c1-10-5-6-19-15(7-10)14(18-2)9-11-3-4-12(16)13(17)8-11/h3-8,14,18H,9H2,1-2H3. The van der Waals surface area contributed by atoms with Crippen LogP contribution in [0, 0.1) is 18.6 Å². The number of aryl methyl sites for hydroxylation is 1. The van der Waals surface area contributed by atoms with Gasteiger partial charge in [-0.05, 0) is 55.8 Å². The van der Waals surface area contributed by atoms with E-state index in [9.17, 15) is 8.78 Å². The SMILES string of the molecule is CNC(Cc1ccc(F)c(F)c1)c1cc(C)ccn1. The van der Waals surface area contributed by atoms with Crippen LogP contribution < -0.4 is 5.32 Å². The molecule has 1 unspecified atom stereocenters. The number of nitrogens with zero attached hydrogens (tertiary/aromatic N) is 1. The van der Waals surface area contributed by atoms with Crippen molar-refractivity contribution in [3.63, 3.8) is 0 Å². The molecule has 4 heteroatoms. The van der Waals surface area contributed by atoms with Gasteiger partial charge < -0.3 is 5.32 Å². The van der Waals surface area contributed by atoms with Gasteiger partial charge in [0, 0.05) is 6.20 Å². The van der Waals surface area contributed by atoms with Crippen LogP contribution in [0.2, 0.25) is 0 Å². The van der Waals surface area contributed by atoms with Crippen LogP contribution in [0.3, 0.4) is 0 Å². The summed E-state index contributed by atoms with van der Waals surface area (Å²) < 4.78 is 26.1. The maximum absolute atomic E-state index is 13.2. The second kappa shape index (κ2) is 5.89. The molecule has 100 valence electrons. The van der Waals surface area contributed by atoms with Gasteiger partial charge in [-0.1, -0.05) is 6.07 Å². The molecule has 1 aromatic carbocycles. The van der Waals surface area contributed by atoms with E-state index in [-0.39, 0.29) is 6.04 Å². The maximum atomic E-state index is 13.2. The number of benzene rings is 1. The molecule has 1 heterocycles. The van der Waals surface area contributed by atoms with Crippen LogP contribution in [0.1, 0.15) is 22.9 Å². The first-order chi connectivity index (χ1) is 9.10. The third kappa shape index (κ3) is 3.35. The van der Waals surface area contributed by atoms with Crippen LogP contribution in [0.4, 0.5) is 8.78 Å². The molecule has 0 saturated carbocycles. The first-order valence-electron chi connectivity index (χ1n) is 6.14. The molecule has 0 bridgehead atoms. The molecule has 2 aromatic rings. The van der Waals surface area contributed by atoms with E-state index in [4.69, 9.17) is 0 Å². The van der Waals surface area contributed by atoms with E-state index in [1.54, 1.807) is 12.3 Å². The number of pyridine rings is 1. The Balaban J connectivity index is 2.21. The molecule has 19 heavy (non-hydrogen) atoms. The summed E-state index contributed by atoms with van der Waals surface area (Å²) in [6.07, 6.45) is 2.31. The summed E-state index contributed by atoms with van der Waals surface area (Å²) in [6, 6.07) is 7.87. The minimum Gasteiger partial charge on any atom is -0.311 e. The van der Waals surface area contributed by atoms with Crippen LogP contribution in [0.15, 0.2) is 36.5 Å². The summed E-state index contributed by atoms with van der Waals surface area (Å²) in [5.41, 5.74) is 2.75. The maximum Gasteiger partial charge on any atom is 0.159 e. The number of likely N-dealkylation sites (N-methyl/N-ethyl adjacent to an activating group) is 1. The van der Waals surface area contributed by atoms with Gasteiger partial charge >= 0.3 is 0 Å². The fraction of sp³-hybridized carbons (Fsp3) is 0.267. The van der Waals surface area contributed by atoms with Crippen molar-refractivity contribution in [1.29, 1.82) is 0 Å². The van der Waals surface area contributed by atoms with Crippen LogP contribution in [0.5, 0.6) is 0 Å². The highest BCUT2D eigenvalue weighted by Gasteiger charge is 2.13. The van der Waals surface area contributed by atoms with E-state index in [0.717, 1.165) is 22.9 Å². The van der Waals surface area contributed by atoms with Crippen LogP contribution in [-0.4, -0.2) is 12.0 Å². The number of hydrogen-bond donors (Lipinski definition) is 1. The number of aromatic nitrogens is 1. The lowest BCUT2D eigenvalue weighted by atomic mass is 10.0. The molecule has 0 aliphatic heterocycles. The second-order valence-corrected chi connectivity index (χ2v) is 4.55. The van der Waals surface area contributed by atoms with Gasteiger partial charge in [0.25, 0.3) is 0 Å². The van der Waals surface area contributed by atoms with Crippen molar-refractivity contribution < 1.29 is 8.78 Å². The molecule has 0 saturated heterocycles. The summed E-state index contributed by atoms with van der Waals surface area (Å²) >= 11 is 0. The summed E-state index contributed by atoms with van der Waals surface area (Å²) in [5, 5.41) is 3.15. The lowest BCUT2D eigenvalue weighted by molar-refractivity contribution is 0.504. The topological polar surface area (TPSA) is 24.9 Å². The zero-order chi connectivity index (χ0) is 13.8. The molecular weight excluding hydrogens is 246 g/mol. The molecule has 1 N–H and O–H groups in total. The van der Waals surface area contributed by atoms with Crippen molar-refractivity contribution in [3.8, 4) is 0 Å². The average molecular weight is 262 g/mol. The van der Waals surface area contributed by atoms with E-state index < -0.39 is 11.6 Å². The van der Waals surface area contributed by atoms with E-state index >= 15 is 0 Å². The predicted molar refractivity (Wildman–Crippen MR) is 70.8 cm³/mol. The summed E-state index contributed by atoms with van der Waals surface area (Å²) in [4.78, 5) is 4.32. The molecule has 2 rings (SSSR count). The smallest absolute Gasteiger partial charge is 0.159 e. The summed E-state index contributed by atoms with van der Waals surface area (Å²) in [7, 11) is 1.83. The van der Waals surface area contributed by atoms with Crippen molar-refractivity contribution in [2.24, 2.45) is 0 Å². The quantitative estimate of drug-likeness (QED) is 0.915. The monoisotopic (exact) mass is 262 g/mol. The largest absolute Gasteiger partial charge is 0.311 e. The Morgan fingerprint density at radius 1 is 1.16 bits per heavy atom. The minimum atomic E-state index is -0.821. The normalized spacial score (nSPS) is 12.4. The number of rotatable bonds is 4. The zero-order valence-corrected chi connectivity index (χ0v) is 11.0. The molecule has 0 amide bonds. The molecule has 2 nitrogen and oxygen atoms in total. The Kier molecular flexibility index (Phi) is 4.22. The minimum absolute atomic E-state index is 0.0234. The Bertz CT molecular complexity index is 570. The Hall–Kier alpha value is -1.81. The van der Waals surface area contributed by atoms with Crippen LogP contribution in [-0.2, 0) is 6.42 Å². The van der Waals surface area contributed by atoms with Gasteiger partial charge in [-0.3, -0.25) is 4.98 Å². The van der Waals surface area contributed by atoms with Gasteiger partial charge in [0.2, 0.25) is 0 Å². The van der Waals surface area contributed by atoms with Gasteiger partial charge in [0.1, 0.15) is 0 Å². The first kappa shape index (κ1) is 13.6. The summed E-state index contributed by atoms with van der Waals surface area (Å²) in [5.74, 6) is -1.64. The van der Waals surface area contributed by atoms with E-state index in [0.29, 0.717) is 6.42 Å². The average Bonchev–Trinajstić information content (AvgIpc) is 2.40. The van der Waals surface area contributed by atoms with Gasteiger partial charge in [-0.2, -0.15) is 0 Å². The highest BCUT2D eigenvalue weighted by Crippen LogP contribution is 2.18. The molecule has 0 aliphatic rings. The molecular formula is C15H16F2N2. The fourth-order valence-electron chi connectivity index (χ4n) is 2.01. The van der Waals surface area contributed by atoms with E-state index in [2.05, 4.69) is 10.3 Å². The van der Waals surface area contributed by atoms with Crippen molar-refractivity contribution in [2.75, 3.05) is 7.05 Å². The van der Waals surface area contributed by atoms with Gasteiger partial charge in [0.05, 0.1) is 11.7 Å². The van der Waals surface area contributed by atoms with Gasteiger partial charge in [0.15, 0.2) is 11.6 Å². The molecule has 1 atom stereocenters. The Morgan fingerprint density at radius 2 is 1.95 bits per heavy atom. The number of hydrogen-bond acceptors (Lipinski definition) is 2. The number of halogens is 2. The molecule has 0 aliphatic carbocycles. The summed E-state index contributed by atoms with van der Waals surface area (Å²) in [6.45, 7) is 2.00. The van der Waals surface area contributed by atoms with E-state index in [1.165, 1.54) is 6.07 Å². The zero-order valence-electron chi connectivity index (χ0n) is 11.0. The van der Waals surface area contributed by atoms with Crippen molar-refractivity contribution in [2.45, 2.75) is 19.4 Å². The third-order valence-corrected chi connectivity index (χ3v) is 3.07. The highest BCUT2D eigenvalue weighted by molar-refractivity contribution is 5.23. The van der Waals surface area contributed by atoms with Crippen molar-refractivity contribution in [1.82, 2.24) is 10.3 Å². The lowest BCUT2D eigenvalue weighted by Crippen LogP contribution is -2.20. The second-order valence-electron chi connectivity index (χ2n) is 4.55. The molecule has 1 aromatic heterocycles. The highest BCUT2D eigenvalue weighted by atomic mass is 19.2. The molecule has 0 fully saturated rings. The van der Waals surface area contributed by atoms with Gasteiger partial charge in [-0.15, -0.1) is 0 Å². The van der Waals surface area contributed by atoms with Gasteiger partial charge in [-0.25, -0.2) is 8.78 Å². The number of nitrogens with one attached hydrogen (secondary N) is 1. The molecule has 0 spiro atoms. The Labute approximate surface area is 111 Å².